The van der Waals surface area contributed by atoms with Gasteiger partial charge in [0.05, 0.1) is 11.6 Å². The van der Waals surface area contributed by atoms with Crippen LogP contribution in [0.4, 0.5) is 4.39 Å². The predicted octanol–water partition coefficient (Wildman–Crippen LogP) is 3.56. The van der Waals surface area contributed by atoms with E-state index < -0.39 is 5.82 Å². The van der Waals surface area contributed by atoms with Crippen LogP contribution in [0.1, 0.15) is 35.6 Å². The molecule has 0 atom stereocenters. The quantitative estimate of drug-likeness (QED) is 0.918. The van der Waals surface area contributed by atoms with Gasteiger partial charge in [0, 0.05) is 23.2 Å². The topological polar surface area (TPSA) is 57.9 Å². The lowest BCUT2D eigenvalue weighted by Crippen LogP contribution is -2.27. The van der Waals surface area contributed by atoms with Gasteiger partial charge in [-0.05, 0) is 44.1 Å². The van der Waals surface area contributed by atoms with Crippen LogP contribution in [0, 0.1) is 17.1 Å². The Morgan fingerprint density at radius 1 is 1.25 bits per heavy atom. The van der Waals surface area contributed by atoms with E-state index in [4.69, 9.17) is 10.00 Å². The number of nitrogens with zero attached hydrogens (tertiary/aromatic N) is 2. The van der Waals surface area contributed by atoms with Crippen LogP contribution >= 0.6 is 12.4 Å². The molecule has 1 aliphatic heterocycles. The molecule has 0 unspecified atom stereocenters. The number of nitriles is 1. The summed E-state index contributed by atoms with van der Waals surface area (Å²) in [6.07, 6.45) is 2.14. The van der Waals surface area contributed by atoms with Gasteiger partial charge < -0.3 is 10.1 Å². The third kappa shape index (κ3) is 4.44. The molecular formula is C18H19ClFN3O. The summed E-state index contributed by atoms with van der Waals surface area (Å²) in [6, 6.07) is 12.0. The number of rotatable bonds is 4. The Balaban J connectivity index is 0.00000208. The van der Waals surface area contributed by atoms with Crippen molar-refractivity contribution in [2.75, 3.05) is 13.1 Å². The monoisotopic (exact) mass is 347 g/mol. The Hall–Kier alpha value is -2.16. The van der Waals surface area contributed by atoms with Crippen molar-refractivity contribution in [3.05, 3.63) is 59.0 Å². The van der Waals surface area contributed by atoms with Crippen LogP contribution in [0.2, 0.25) is 0 Å². The minimum atomic E-state index is -0.432. The highest BCUT2D eigenvalue weighted by molar-refractivity contribution is 5.85. The maximum atomic E-state index is 13.9. The number of hydrogen-bond donors (Lipinski definition) is 1. The maximum absolute atomic E-state index is 13.9. The Bertz CT molecular complexity index is 726. The summed E-state index contributed by atoms with van der Waals surface area (Å²) in [5.74, 6) is 0.523. The fourth-order valence-electron chi connectivity index (χ4n) is 2.74. The third-order valence-corrected chi connectivity index (χ3v) is 4.06. The van der Waals surface area contributed by atoms with E-state index in [-0.39, 0.29) is 19.0 Å². The molecule has 0 radical (unpaired) electrons. The van der Waals surface area contributed by atoms with Gasteiger partial charge in [0.1, 0.15) is 12.4 Å². The average Bonchev–Trinajstić information content (AvgIpc) is 2.61. The second kappa shape index (κ2) is 8.62. The molecule has 1 aliphatic rings. The van der Waals surface area contributed by atoms with E-state index in [2.05, 4.69) is 10.3 Å². The summed E-state index contributed by atoms with van der Waals surface area (Å²) in [6.45, 7) is 2.11. The number of nitrogens with one attached hydrogen (secondary N) is 1. The van der Waals surface area contributed by atoms with Crippen molar-refractivity contribution < 1.29 is 9.13 Å². The number of benzene rings is 1. The van der Waals surface area contributed by atoms with Crippen LogP contribution in [0.15, 0.2) is 36.4 Å². The van der Waals surface area contributed by atoms with Gasteiger partial charge in [-0.15, -0.1) is 12.4 Å². The van der Waals surface area contributed by atoms with Crippen LogP contribution in [0.25, 0.3) is 0 Å². The van der Waals surface area contributed by atoms with Gasteiger partial charge >= 0.3 is 0 Å². The zero-order valence-electron chi connectivity index (χ0n) is 13.2. The van der Waals surface area contributed by atoms with Gasteiger partial charge in [0.2, 0.25) is 5.88 Å². The van der Waals surface area contributed by atoms with Crippen LogP contribution in [-0.4, -0.2) is 18.1 Å². The molecule has 0 aliphatic carbocycles. The molecule has 0 spiro atoms. The second-order valence-corrected chi connectivity index (χ2v) is 5.63. The molecule has 3 rings (SSSR count). The second-order valence-electron chi connectivity index (χ2n) is 5.63. The van der Waals surface area contributed by atoms with E-state index in [1.54, 1.807) is 18.2 Å². The van der Waals surface area contributed by atoms with Crippen molar-refractivity contribution in [1.82, 2.24) is 10.3 Å². The first kappa shape index (κ1) is 18.2. The van der Waals surface area contributed by atoms with E-state index >= 15 is 0 Å². The highest BCUT2D eigenvalue weighted by Crippen LogP contribution is 2.25. The van der Waals surface area contributed by atoms with Gasteiger partial charge in [-0.25, -0.2) is 9.37 Å². The number of ether oxygens (including phenoxy) is 1. The predicted molar refractivity (Wildman–Crippen MR) is 91.8 cm³/mol. The molecule has 1 saturated heterocycles. The molecule has 1 aromatic carbocycles. The van der Waals surface area contributed by atoms with E-state index in [0.29, 0.717) is 22.9 Å². The molecule has 1 N–H and O–H groups in total. The summed E-state index contributed by atoms with van der Waals surface area (Å²) < 4.78 is 19.5. The largest absolute Gasteiger partial charge is 0.473 e. The normalized spacial score (nSPS) is 14.5. The van der Waals surface area contributed by atoms with Crippen molar-refractivity contribution in [3.8, 4) is 11.9 Å². The van der Waals surface area contributed by atoms with E-state index in [1.807, 2.05) is 18.2 Å². The Labute approximate surface area is 147 Å². The average molecular weight is 348 g/mol. The lowest BCUT2D eigenvalue weighted by atomic mass is 9.94. The molecule has 1 fully saturated rings. The van der Waals surface area contributed by atoms with Gasteiger partial charge in [-0.1, -0.05) is 12.1 Å². The van der Waals surface area contributed by atoms with E-state index in [1.165, 1.54) is 6.07 Å². The van der Waals surface area contributed by atoms with Crippen LogP contribution in [0.3, 0.4) is 0 Å². The first-order valence-electron chi connectivity index (χ1n) is 7.75. The lowest BCUT2D eigenvalue weighted by Gasteiger charge is -2.22. The van der Waals surface area contributed by atoms with Crippen molar-refractivity contribution >= 4 is 12.4 Å². The molecule has 1 aromatic heterocycles. The van der Waals surface area contributed by atoms with E-state index in [0.717, 1.165) is 31.6 Å². The molecule has 24 heavy (non-hydrogen) atoms. The molecular weight excluding hydrogens is 329 g/mol. The molecule has 0 saturated carbocycles. The number of aromatic nitrogens is 1. The van der Waals surface area contributed by atoms with Crippen molar-refractivity contribution in [2.24, 2.45) is 0 Å². The zero-order valence-corrected chi connectivity index (χ0v) is 14.0. The van der Waals surface area contributed by atoms with Gasteiger partial charge in [-0.3, -0.25) is 0 Å². The van der Waals surface area contributed by atoms with Crippen molar-refractivity contribution in [1.29, 1.82) is 5.26 Å². The van der Waals surface area contributed by atoms with Gasteiger partial charge in [0.15, 0.2) is 0 Å². The standard InChI is InChI=1S/C18H18FN3O.ClH/c19-16-10-13(11-20)4-5-15(16)12-23-18-3-1-2-17(22-18)14-6-8-21-9-7-14;/h1-5,10,14,21H,6-9,12H2;1H. The summed E-state index contributed by atoms with van der Waals surface area (Å²) >= 11 is 0. The highest BCUT2D eigenvalue weighted by Gasteiger charge is 2.16. The fraction of sp³-hybridized carbons (Fsp3) is 0.333. The number of pyridine rings is 1. The Kier molecular flexibility index (Phi) is 6.53. The molecule has 6 heteroatoms. The molecule has 126 valence electrons. The third-order valence-electron chi connectivity index (χ3n) is 4.06. The fourth-order valence-corrected chi connectivity index (χ4v) is 2.74. The van der Waals surface area contributed by atoms with Gasteiger partial charge in [-0.2, -0.15) is 5.26 Å². The SMILES string of the molecule is Cl.N#Cc1ccc(COc2cccc(C3CCNCC3)n2)c(F)c1. The van der Waals surface area contributed by atoms with Gasteiger partial charge in [0.25, 0.3) is 0 Å². The molecule has 4 nitrogen and oxygen atoms in total. The minimum absolute atomic E-state index is 0. The van der Waals surface area contributed by atoms with Crippen LogP contribution in [-0.2, 0) is 6.61 Å². The summed E-state index contributed by atoms with van der Waals surface area (Å²) in [7, 11) is 0. The highest BCUT2D eigenvalue weighted by atomic mass is 35.5. The summed E-state index contributed by atoms with van der Waals surface area (Å²) in [5, 5.41) is 12.1. The molecule has 2 heterocycles. The smallest absolute Gasteiger partial charge is 0.213 e. The van der Waals surface area contributed by atoms with Crippen molar-refractivity contribution in [3.63, 3.8) is 0 Å². The van der Waals surface area contributed by atoms with E-state index in [9.17, 15) is 4.39 Å². The number of halogens is 2. The lowest BCUT2D eigenvalue weighted by molar-refractivity contribution is 0.286. The van der Waals surface area contributed by atoms with Crippen LogP contribution in [0.5, 0.6) is 5.88 Å². The number of piperidine rings is 1. The summed E-state index contributed by atoms with van der Waals surface area (Å²) in [5.41, 5.74) is 1.75. The number of hydrogen-bond acceptors (Lipinski definition) is 4. The first-order valence-corrected chi connectivity index (χ1v) is 7.75. The molecule has 2 aromatic rings. The zero-order chi connectivity index (χ0) is 16.1. The molecule has 0 bridgehead atoms. The van der Waals surface area contributed by atoms with Crippen LogP contribution < -0.4 is 10.1 Å². The Morgan fingerprint density at radius 3 is 2.75 bits per heavy atom. The maximum Gasteiger partial charge on any atom is 0.213 e. The summed E-state index contributed by atoms with van der Waals surface area (Å²) in [4.78, 5) is 4.55. The minimum Gasteiger partial charge on any atom is -0.473 e. The first-order chi connectivity index (χ1) is 11.3. The van der Waals surface area contributed by atoms with Crippen molar-refractivity contribution in [2.45, 2.75) is 25.4 Å². The molecule has 0 amide bonds. The Morgan fingerprint density at radius 2 is 2.04 bits per heavy atom.